The molecule has 14 heavy (non-hydrogen) atoms. The van der Waals surface area contributed by atoms with Crippen LogP contribution in [-0.4, -0.2) is 18.3 Å². The molecule has 0 spiro atoms. The van der Waals surface area contributed by atoms with E-state index in [-0.39, 0.29) is 0 Å². The van der Waals surface area contributed by atoms with E-state index in [4.69, 9.17) is 10.5 Å². The number of rotatable bonds is 2. The molecule has 1 heterocycles. The monoisotopic (exact) mass is 257 g/mol. The molecule has 0 aliphatic carbocycles. The summed E-state index contributed by atoms with van der Waals surface area (Å²) in [7, 11) is 0. The van der Waals surface area contributed by atoms with Crippen LogP contribution < -0.4 is 10.5 Å². The van der Waals surface area contributed by atoms with Gasteiger partial charge in [0.2, 0.25) is 0 Å². The van der Waals surface area contributed by atoms with E-state index >= 15 is 0 Å². The van der Waals surface area contributed by atoms with Crippen LogP contribution in [0.15, 0.2) is 10.5 Å². The predicted octanol–water partition coefficient (Wildman–Crippen LogP) is 1.59. The highest BCUT2D eigenvalue weighted by Gasteiger charge is 2.20. The van der Waals surface area contributed by atoms with Crippen molar-refractivity contribution in [3.05, 3.63) is 21.7 Å². The van der Waals surface area contributed by atoms with Crippen LogP contribution in [0, 0.1) is 0 Å². The van der Waals surface area contributed by atoms with E-state index in [0.717, 1.165) is 27.8 Å². The summed E-state index contributed by atoms with van der Waals surface area (Å²) in [6.45, 7) is 1.22. The minimum Gasteiger partial charge on any atom is -0.506 e. The maximum Gasteiger partial charge on any atom is 0.133 e. The highest BCUT2D eigenvalue weighted by Crippen LogP contribution is 2.40. The van der Waals surface area contributed by atoms with E-state index in [1.807, 2.05) is 6.07 Å². The van der Waals surface area contributed by atoms with E-state index < -0.39 is 0 Å². The summed E-state index contributed by atoms with van der Waals surface area (Å²) in [5.74, 6) is 1.18. The number of phenolic OH excluding ortho intramolecular Hbond substituents is 1. The number of hydrogen-bond acceptors (Lipinski definition) is 3. The van der Waals surface area contributed by atoms with Crippen molar-refractivity contribution in [2.45, 2.75) is 12.8 Å². The highest BCUT2D eigenvalue weighted by molar-refractivity contribution is 9.10. The third-order valence-electron chi connectivity index (χ3n) is 2.40. The van der Waals surface area contributed by atoms with Gasteiger partial charge in [-0.15, -0.1) is 0 Å². The van der Waals surface area contributed by atoms with Crippen molar-refractivity contribution in [3.63, 3.8) is 0 Å². The van der Waals surface area contributed by atoms with E-state index in [1.165, 1.54) is 0 Å². The number of fused-ring (bicyclic) bond motifs is 1. The molecule has 0 amide bonds. The molecule has 0 atom stereocenters. The first kappa shape index (κ1) is 9.80. The molecule has 4 heteroatoms. The molecule has 3 N–H and O–H groups in total. The van der Waals surface area contributed by atoms with Crippen LogP contribution in [-0.2, 0) is 12.8 Å². The molecule has 3 nitrogen and oxygen atoms in total. The number of benzene rings is 1. The third kappa shape index (κ3) is 1.48. The lowest BCUT2D eigenvalue weighted by Crippen LogP contribution is -2.03. The molecule has 0 unspecified atom stereocenters. The van der Waals surface area contributed by atoms with E-state index in [2.05, 4.69) is 15.9 Å². The molecule has 1 aliphatic rings. The molecule has 1 aromatic rings. The van der Waals surface area contributed by atoms with Crippen molar-refractivity contribution in [3.8, 4) is 11.5 Å². The van der Waals surface area contributed by atoms with Crippen LogP contribution >= 0.6 is 15.9 Å². The molecule has 0 bridgehead atoms. The lowest BCUT2D eigenvalue weighted by atomic mass is 10.1. The molecule has 0 aromatic heterocycles. The van der Waals surface area contributed by atoms with Gasteiger partial charge in [0, 0.05) is 12.0 Å². The SMILES string of the molecule is NCCc1cc2c(c(Br)c1O)CCO2. The molecule has 0 saturated heterocycles. The number of halogens is 1. The van der Waals surface area contributed by atoms with Crippen LogP contribution in [0.2, 0.25) is 0 Å². The highest BCUT2D eigenvalue weighted by atomic mass is 79.9. The molecular formula is C10H12BrNO2. The standard InChI is InChI=1S/C10H12BrNO2/c11-9-7-2-4-14-8(7)5-6(1-3-12)10(9)13/h5,13H,1-4,12H2. The van der Waals surface area contributed by atoms with Gasteiger partial charge in [0.1, 0.15) is 11.5 Å². The van der Waals surface area contributed by atoms with Gasteiger partial charge in [0.25, 0.3) is 0 Å². The third-order valence-corrected chi connectivity index (χ3v) is 3.26. The largest absolute Gasteiger partial charge is 0.506 e. The van der Waals surface area contributed by atoms with Crippen molar-refractivity contribution in [2.24, 2.45) is 5.73 Å². The molecular weight excluding hydrogens is 246 g/mol. The second-order valence-electron chi connectivity index (χ2n) is 3.31. The Balaban J connectivity index is 2.49. The Morgan fingerprint density at radius 2 is 2.36 bits per heavy atom. The van der Waals surface area contributed by atoms with Gasteiger partial charge in [-0.1, -0.05) is 0 Å². The number of ether oxygens (including phenoxy) is 1. The molecule has 1 aliphatic heterocycles. The Kier molecular flexibility index (Phi) is 2.65. The molecule has 2 rings (SSSR count). The van der Waals surface area contributed by atoms with Crippen LogP contribution in [0.25, 0.3) is 0 Å². The Morgan fingerprint density at radius 1 is 1.57 bits per heavy atom. The van der Waals surface area contributed by atoms with Crippen molar-refractivity contribution in [2.75, 3.05) is 13.2 Å². The topological polar surface area (TPSA) is 55.5 Å². The fourth-order valence-electron chi connectivity index (χ4n) is 1.68. The van der Waals surface area contributed by atoms with Gasteiger partial charge in [-0.3, -0.25) is 0 Å². The molecule has 0 saturated carbocycles. The van der Waals surface area contributed by atoms with E-state index in [0.29, 0.717) is 25.3 Å². The maximum atomic E-state index is 9.83. The van der Waals surface area contributed by atoms with E-state index in [9.17, 15) is 5.11 Å². The van der Waals surface area contributed by atoms with Crippen LogP contribution in [0.5, 0.6) is 11.5 Å². The zero-order chi connectivity index (χ0) is 10.1. The van der Waals surface area contributed by atoms with Gasteiger partial charge < -0.3 is 15.6 Å². The minimum atomic E-state index is 0.305. The van der Waals surface area contributed by atoms with Crippen molar-refractivity contribution in [1.82, 2.24) is 0 Å². The Hall–Kier alpha value is -0.740. The summed E-state index contributed by atoms with van der Waals surface area (Å²) in [5.41, 5.74) is 7.36. The van der Waals surface area contributed by atoms with Gasteiger partial charge in [-0.25, -0.2) is 0 Å². The first-order valence-electron chi connectivity index (χ1n) is 4.60. The number of nitrogens with two attached hydrogens (primary N) is 1. The second-order valence-corrected chi connectivity index (χ2v) is 4.11. The van der Waals surface area contributed by atoms with Gasteiger partial charge in [0.15, 0.2) is 0 Å². The maximum absolute atomic E-state index is 9.83. The normalized spacial score (nSPS) is 13.9. The zero-order valence-electron chi connectivity index (χ0n) is 7.72. The molecule has 0 radical (unpaired) electrons. The molecule has 0 fully saturated rings. The van der Waals surface area contributed by atoms with Crippen molar-refractivity contribution >= 4 is 15.9 Å². The van der Waals surface area contributed by atoms with Gasteiger partial charge in [-0.05, 0) is 40.5 Å². The van der Waals surface area contributed by atoms with Crippen molar-refractivity contribution < 1.29 is 9.84 Å². The number of aromatic hydroxyl groups is 1. The lowest BCUT2D eigenvalue weighted by Gasteiger charge is -2.09. The number of phenols is 1. The average molecular weight is 258 g/mol. The summed E-state index contributed by atoms with van der Waals surface area (Å²) in [4.78, 5) is 0. The lowest BCUT2D eigenvalue weighted by molar-refractivity contribution is 0.356. The van der Waals surface area contributed by atoms with Crippen LogP contribution in [0.1, 0.15) is 11.1 Å². The van der Waals surface area contributed by atoms with E-state index in [1.54, 1.807) is 0 Å². The quantitative estimate of drug-likeness (QED) is 0.846. The van der Waals surface area contributed by atoms with Gasteiger partial charge in [-0.2, -0.15) is 0 Å². The summed E-state index contributed by atoms with van der Waals surface area (Å²) in [6, 6.07) is 1.88. The summed E-state index contributed by atoms with van der Waals surface area (Å²) in [6.07, 6.45) is 1.52. The second kappa shape index (κ2) is 3.79. The Bertz CT molecular complexity index is 366. The van der Waals surface area contributed by atoms with Gasteiger partial charge >= 0.3 is 0 Å². The van der Waals surface area contributed by atoms with Crippen molar-refractivity contribution in [1.29, 1.82) is 0 Å². The Labute approximate surface area is 91.0 Å². The fraction of sp³-hybridized carbons (Fsp3) is 0.400. The first-order chi connectivity index (χ1) is 6.74. The van der Waals surface area contributed by atoms with Crippen LogP contribution in [0.3, 0.4) is 0 Å². The number of hydrogen-bond donors (Lipinski definition) is 2. The fourth-order valence-corrected chi connectivity index (χ4v) is 2.32. The van der Waals surface area contributed by atoms with Crippen LogP contribution in [0.4, 0.5) is 0 Å². The Morgan fingerprint density at radius 3 is 3.07 bits per heavy atom. The summed E-state index contributed by atoms with van der Waals surface area (Å²) >= 11 is 3.38. The predicted molar refractivity (Wildman–Crippen MR) is 57.8 cm³/mol. The first-order valence-corrected chi connectivity index (χ1v) is 5.39. The average Bonchev–Trinajstić information content (AvgIpc) is 2.62. The molecule has 1 aromatic carbocycles. The minimum absolute atomic E-state index is 0.305. The van der Waals surface area contributed by atoms with Gasteiger partial charge in [0.05, 0.1) is 11.1 Å². The molecule has 76 valence electrons. The zero-order valence-corrected chi connectivity index (χ0v) is 9.30. The smallest absolute Gasteiger partial charge is 0.133 e. The summed E-state index contributed by atoms with van der Waals surface area (Å²) < 4.78 is 6.20. The summed E-state index contributed by atoms with van der Waals surface area (Å²) in [5, 5.41) is 9.83.